The maximum atomic E-state index is 13.3. The summed E-state index contributed by atoms with van der Waals surface area (Å²) in [5.74, 6) is 8.82. The zero-order valence-corrected chi connectivity index (χ0v) is 31.0. The van der Waals surface area contributed by atoms with Gasteiger partial charge in [0.25, 0.3) is 0 Å². The van der Waals surface area contributed by atoms with Gasteiger partial charge < -0.3 is 18.9 Å². The smallest absolute Gasteiger partial charge is 0.206 e. The highest BCUT2D eigenvalue weighted by atomic mass is 32.2. The molecule has 0 spiro atoms. The van der Waals surface area contributed by atoms with Crippen molar-refractivity contribution >= 4 is 19.7 Å². The van der Waals surface area contributed by atoms with Gasteiger partial charge in [-0.05, 0) is 146 Å². The molecule has 0 unspecified atom stereocenters. The van der Waals surface area contributed by atoms with E-state index in [0.717, 1.165) is 0 Å². The summed E-state index contributed by atoms with van der Waals surface area (Å²) in [7, 11) is -7.64. The Bertz CT molecular complexity index is 2620. The van der Waals surface area contributed by atoms with E-state index in [1.54, 1.807) is 121 Å². The highest BCUT2D eigenvalue weighted by Crippen LogP contribution is 2.33. The highest BCUT2D eigenvalue weighted by Gasteiger charge is 2.19. The molecule has 0 N–H and O–H groups in total. The predicted octanol–water partition coefficient (Wildman–Crippen LogP) is 10.5. The van der Waals surface area contributed by atoms with Gasteiger partial charge in [0.05, 0.1) is 19.6 Å². The number of hydrogen-bond acceptors (Lipinski definition) is 8. The van der Waals surface area contributed by atoms with E-state index < -0.39 is 19.7 Å². The molecule has 7 rings (SSSR count). The second-order valence-electron chi connectivity index (χ2n) is 12.1. The first-order valence-corrected chi connectivity index (χ1v) is 19.9. The minimum Gasteiger partial charge on any atom is -0.457 e. The lowest BCUT2D eigenvalue weighted by molar-refractivity contribution is 0.460. The summed E-state index contributed by atoms with van der Waals surface area (Å²) in [4.78, 5) is 0.401. The minimum absolute atomic E-state index is 0.0940. The van der Waals surface area contributed by atoms with E-state index in [2.05, 4.69) is 11.8 Å². The lowest BCUT2D eigenvalue weighted by Gasteiger charge is -2.11. The van der Waals surface area contributed by atoms with Crippen LogP contribution in [0.25, 0.3) is 0 Å². The Morgan fingerprint density at radius 3 is 0.839 bits per heavy atom. The maximum Gasteiger partial charge on any atom is 0.206 e. The van der Waals surface area contributed by atoms with Crippen molar-refractivity contribution < 1.29 is 35.8 Å². The summed E-state index contributed by atoms with van der Waals surface area (Å²) in [6, 6.07) is 45.3. The van der Waals surface area contributed by atoms with Gasteiger partial charge in [-0.15, -0.1) is 12.8 Å². The summed E-state index contributed by atoms with van der Waals surface area (Å²) in [6.07, 6.45) is 10.9. The first kappa shape index (κ1) is 37.1. The molecular formula is C46H30O8S2. The Morgan fingerprint density at radius 2 is 0.571 bits per heavy atom. The maximum absolute atomic E-state index is 13.3. The van der Waals surface area contributed by atoms with E-state index in [1.165, 1.54) is 48.5 Å². The molecule has 0 amide bonds. The van der Waals surface area contributed by atoms with Gasteiger partial charge in [0.15, 0.2) is 0 Å². The lowest BCUT2D eigenvalue weighted by Crippen LogP contribution is -2.02. The van der Waals surface area contributed by atoms with Crippen LogP contribution in [-0.2, 0) is 19.7 Å². The topological polar surface area (TPSA) is 105 Å². The number of terminal acetylenes is 2. The summed E-state index contributed by atoms with van der Waals surface area (Å²) in [5, 5.41) is 0. The largest absolute Gasteiger partial charge is 0.457 e. The Labute approximate surface area is 325 Å². The van der Waals surface area contributed by atoms with Crippen LogP contribution < -0.4 is 18.9 Å². The van der Waals surface area contributed by atoms with Crippen LogP contribution in [0.3, 0.4) is 0 Å². The van der Waals surface area contributed by atoms with Crippen LogP contribution in [0.5, 0.6) is 46.0 Å². The van der Waals surface area contributed by atoms with Crippen molar-refractivity contribution in [2.45, 2.75) is 19.6 Å². The van der Waals surface area contributed by atoms with Gasteiger partial charge in [-0.3, -0.25) is 0 Å². The molecule has 8 nitrogen and oxygen atoms in total. The van der Waals surface area contributed by atoms with Crippen LogP contribution >= 0.6 is 0 Å². The van der Waals surface area contributed by atoms with Gasteiger partial charge >= 0.3 is 0 Å². The summed E-state index contributed by atoms with van der Waals surface area (Å²) < 4.78 is 77.0. The molecule has 0 aliphatic heterocycles. The van der Waals surface area contributed by atoms with Gasteiger partial charge in [-0.1, -0.05) is 30.0 Å². The first-order chi connectivity index (χ1) is 27.1. The quantitative estimate of drug-likeness (QED) is 0.113. The average molecular weight is 775 g/mol. The SMILES string of the molecule is C#Cc1cccc(Oc2ccc(S(=O)(=O)c3ccc(Oc4cccc(Oc5ccc(S(=O)(=O)c6ccc(Oc7cccc(C#C)c7)cc6)cc5)c4)cc3)cc2)c1. The molecule has 0 aliphatic carbocycles. The van der Waals surface area contributed by atoms with Crippen molar-refractivity contribution in [3.63, 3.8) is 0 Å². The third kappa shape index (κ3) is 8.59. The molecule has 0 fully saturated rings. The molecule has 0 aromatic heterocycles. The fourth-order valence-electron chi connectivity index (χ4n) is 5.46. The monoisotopic (exact) mass is 774 g/mol. The Kier molecular flexibility index (Phi) is 10.6. The van der Waals surface area contributed by atoms with Gasteiger partial charge in [0.1, 0.15) is 46.0 Å². The molecule has 0 aliphatic rings. The Balaban J connectivity index is 0.962. The van der Waals surface area contributed by atoms with Crippen molar-refractivity contribution in [1.29, 1.82) is 0 Å². The lowest BCUT2D eigenvalue weighted by atomic mass is 10.2. The summed E-state index contributed by atoms with van der Waals surface area (Å²) in [5.41, 5.74) is 1.34. The molecule has 7 aromatic rings. The zero-order chi connectivity index (χ0) is 39.1. The van der Waals surface area contributed by atoms with Crippen molar-refractivity contribution in [1.82, 2.24) is 0 Å². The molecule has 0 saturated heterocycles. The molecule has 274 valence electrons. The standard InChI is InChI=1S/C46H30O8S2/c1-3-33-8-5-10-39(30-33)51-35-14-22-43(23-15-35)55(47,48)45-26-18-37(19-27-45)53-41-12-7-13-42(32-41)54-38-20-28-46(29-21-38)56(49,50)44-24-16-36(17-25-44)52-40-11-6-9-34(4-2)31-40/h1-2,5-32H. The zero-order valence-electron chi connectivity index (χ0n) is 29.4. The summed E-state index contributed by atoms with van der Waals surface area (Å²) >= 11 is 0. The van der Waals surface area contributed by atoms with Gasteiger partial charge in [-0.2, -0.15) is 0 Å². The van der Waals surface area contributed by atoms with Gasteiger partial charge in [0.2, 0.25) is 19.7 Å². The molecule has 0 heterocycles. The third-order valence-corrected chi connectivity index (χ3v) is 11.9. The van der Waals surface area contributed by atoms with E-state index >= 15 is 0 Å². The van der Waals surface area contributed by atoms with Crippen LogP contribution in [0.15, 0.2) is 189 Å². The van der Waals surface area contributed by atoms with Crippen LogP contribution in [0.4, 0.5) is 0 Å². The van der Waals surface area contributed by atoms with E-state index in [-0.39, 0.29) is 19.6 Å². The van der Waals surface area contributed by atoms with E-state index in [4.69, 9.17) is 31.8 Å². The van der Waals surface area contributed by atoms with E-state index in [1.807, 2.05) is 0 Å². The molecule has 0 bridgehead atoms. The van der Waals surface area contributed by atoms with Gasteiger partial charge in [0, 0.05) is 17.2 Å². The van der Waals surface area contributed by atoms with Crippen LogP contribution in [0.2, 0.25) is 0 Å². The van der Waals surface area contributed by atoms with Crippen LogP contribution in [-0.4, -0.2) is 16.8 Å². The van der Waals surface area contributed by atoms with Crippen molar-refractivity contribution in [2.24, 2.45) is 0 Å². The normalized spacial score (nSPS) is 11.1. The number of hydrogen-bond donors (Lipinski definition) is 0. The fourth-order valence-corrected chi connectivity index (χ4v) is 7.99. The minimum atomic E-state index is -3.82. The molecule has 0 atom stereocenters. The number of rotatable bonds is 12. The first-order valence-electron chi connectivity index (χ1n) is 16.9. The van der Waals surface area contributed by atoms with E-state index in [9.17, 15) is 16.8 Å². The van der Waals surface area contributed by atoms with E-state index in [0.29, 0.717) is 57.1 Å². The molecule has 0 saturated carbocycles. The second-order valence-corrected chi connectivity index (χ2v) is 16.0. The summed E-state index contributed by atoms with van der Waals surface area (Å²) in [6.45, 7) is 0. The molecule has 10 heteroatoms. The van der Waals surface area contributed by atoms with Crippen molar-refractivity contribution in [3.8, 4) is 70.7 Å². The third-order valence-electron chi connectivity index (χ3n) is 8.29. The highest BCUT2D eigenvalue weighted by molar-refractivity contribution is 7.91. The average Bonchev–Trinajstić information content (AvgIpc) is 3.22. The predicted molar refractivity (Wildman–Crippen MR) is 212 cm³/mol. The number of sulfone groups is 2. The molecule has 0 radical (unpaired) electrons. The number of ether oxygens (including phenoxy) is 4. The van der Waals surface area contributed by atoms with Crippen LogP contribution in [0.1, 0.15) is 11.1 Å². The molecule has 56 heavy (non-hydrogen) atoms. The molecule has 7 aromatic carbocycles. The number of benzene rings is 7. The van der Waals surface area contributed by atoms with Crippen molar-refractivity contribution in [3.05, 3.63) is 181 Å². The second kappa shape index (κ2) is 16.0. The van der Waals surface area contributed by atoms with Crippen molar-refractivity contribution in [2.75, 3.05) is 0 Å². The fraction of sp³-hybridized carbons (Fsp3) is 0. The van der Waals surface area contributed by atoms with Gasteiger partial charge in [-0.25, -0.2) is 16.8 Å². The Hall–Kier alpha value is -7.24. The Morgan fingerprint density at radius 1 is 0.321 bits per heavy atom. The van der Waals surface area contributed by atoms with Crippen LogP contribution in [0, 0.1) is 24.7 Å². The molecular weight excluding hydrogens is 745 g/mol.